The van der Waals surface area contributed by atoms with Gasteiger partial charge in [0.25, 0.3) is 0 Å². The van der Waals surface area contributed by atoms with Crippen LogP contribution in [0.1, 0.15) is 38.2 Å². The lowest BCUT2D eigenvalue weighted by molar-refractivity contribution is 0.593. The molecule has 0 aliphatic rings. The Labute approximate surface area is 104 Å². The van der Waals surface area contributed by atoms with Gasteiger partial charge in [0, 0.05) is 0 Å². The Morgan fingerprint density at radius 2 is 1.82 bits per heavy atom. The summed E-state index contributed by atoms with van der Waals surface area (Å²) in [4.78, 5) is 0.401. The van der Waals surface area contributed by atoms with Crippen LogP contribution in [0.2, 0.25) is 0 Å². The molecule has 0 amide bonds. The smallest absolute Gasteiger partial charge is 0.178 e. The third-order valence-electron chi connectivity index (χ3n) is 3.04. The van der Waals surface area contributed by atoms with E-state index in [1.807, 2.05) is 12.1 Å². The molecule has 1 aromatic rings. The Bertz CT molecular complexity index is 437. The fourth-order valence-electron chi connectivity index (χ4n) is 1.63. The second kappa shape index (κ2) is 6.17. The summed E-state index contributed by atoms with van der Waals surface area (Å²) in [6.07, 6.45) is 1.56. The molecule has 0 saturated carbocycles. The second-order valence-electron chi connectivity index (χ2n) is 4.34. The SMILES string of the molecule is CCC(C)c1ccc(S(=O)(=O)CCCN)cc1. The maximum Gasteiger partial charge on any atom is 0.178 e. The molecule has 1 atom stereocenters. The number of nitrogens with two attached hydrogens (primary N) is 1. The summed E-state index contributed by atoms with van der Waals surface area (Å²) in [6.45, 7) is 4.67. The fourth-order valence-corrected chi connectivity index (χ4v) is 2.96. The lowest BCUT2D eigenvalue weighted by Gasteiger charge is -2.10. The molecule has 0 fully saturated rings. The van der Waals surface area contributed by atoms with Crippen molar-refractivity contribution in [1.29, 1.82) is 0 Å². The average molecular weight is 255 g/mol. The number of benzene rings is 1. The van der Waals surface area contributed by atoms with Crippen LogP contribution in [0.25, 0.3) is 0 Å². The Hall–Kier alpha value is -0.870. The van der Waals surface area contributed by atoms with Gasteiger partial charge in [-0.25, -0.2) is 8.42 Å². The van der Waals surface area contributed by atoms with Gasteiger partial charge in [0.15, 0.2) is 9.84 Å². The molecule has 0 aromatic heterocycles. The van der Waals surface area contributed by atoms with Gasteiger partial charge >= 0.3 is 0 Å². The highest BCUT2D eigenvalue weighted by atomic mass is 32.2. The van der Waals surface area contributed by atoms with E-state index in [4.69, 9.17) is 5.73 Å². The predicted octanol–water partition coefficient (Wildman–Crippen LogP) is 2.32. The van der Waals surface area contributed by atoms with Crippen molar-refractivity contribution in [2.45, 2.75) is 37.5 Å². The van der Waals surface area contributed by atoms with Crippen molar-refractivity contribution in [2.75, 3.05) is 12.3 Å². The summed E-state index contributed by atoms with van der Waals surface area (Å²) >= 11 is 0. The van der Waals surface area contributed by atoms with Crippen LogP contribution in [0, 0.1) is 0 Å². The first-order chi connectivity index (χ1) is 8.01. The normalized spacial score (nSPS) is 13.6. The van der Waals surface area contributed by atoms with Crippen molar-refractivity contribution < 1.29 is 8.42 Å². The minimum absolute atomic E-state index is 0.131. The van der Waals surface area contributed by atoms with Crippen LogP contribution < -0.4 is 5.73 Å². The lowest BCUT2D eigenvalue weighted by Crippen LogP contribution is -2.11. The molecule has 17 heavy (non-hydrogen) atoms. The summed E-state index contributed by atoms with van der Waals surface area (Å²) < 4.78 is 23.8. The van der Waals surface area contributed by atoms with Crippen molar-refractivity contribution >= 4 is 9.84 Å². The molecule has 0 radical (unpaired) electrons. The molecule has 0 aliphatic carbocycles. The van der Waals surface area contributed by atoms with Gasteiger partial charge in [-0.2, -0.15) is 0 Å². The third kappa shape index (κ3) is 3.82. The molecule has 1 rings (SSSR count). The highest BCUT2D eigenvalue weighted by molar-refractivity contribution is 7.91. The molecule has 0 heterocycles. The van der Waals surface area contributed by atoms with E-state index < -0.39 is 9.84 Å². The van der Waals surface area contributed by atoms with Crippen molar-refractivity contribution in [1.82, 2.24) is 0 Å². The molecule has 0 bridgehead atoms. The molecule has 1 unspecified atom stereocenters. The molecule has 2 N–H and O–H groups in total. The minimum Gasteiger partial charge on any atom is -0.330 e. The second-order valence-corrected chi connectivity index (χ2v) is 6.45. The highest BCUT2D eigenvalue weighted by Crippen LogP contribution is 2.21. The summed E-state index contributed by atoms with van der Waals surface area (Å²) in [6, 6.07) is 7.22. The van der Waals surface area contributed by atoms with E-state index in [9.17, 15) is 8.42 Å². The highest BCUT2D eigenvalue weighted by Gasteiger charge is 2.13. The zero-order chi connectivity index (χ0) is 12.9. The summed E-state index contributed by atoms with van der Waals surface area (Å²) in [5.41, 5.74) is 6.52. The molecule has 96 valence electrons. The van der Waals surface area contributed by atoms with Crippen LogP contribution in [-0.4, -0.2) is 20.7 Å². The van der Waals surface area contributed by atoms with Crippen LogP contribution in [0.5, 0.6) is 0 Å². The molecule has 4 heteroatoms. The fraction of sp³-hybridized carbons (Fsp3) is 0.538. The van der Waals surface area contributed by atoms with Gasteiger partial charge in [0.2, 0.25) is 0 Å². The van der Waals surface area contributed by atoms with Gasteiger partial charge in [-0.15, -0.1) is 0 Å². The molecular formula is C13H21NO2S. The van der Waals surface area contributed by atoms with E-state index in [-0.39, 0.29) is 5.75 Å². The third-order valence-corrected chi connectivity index (χ3v) is 4.85. The van der Waals surface area contributed by atoms with Crippen molar-refractivity contribution in [3.05, 3.63) is 29.8 Å². The topological polar surface area (TPSA) is 60.2 Å². The molecule has 0 saturated heterocycles. The van der Waals surface area contributed by atoms with Crippen molar-refractivity contribution in [3.63, 3.8) is 0 Å². The van der Waals surface area contributed by atoms with Gasteiger partial charge in [0.05, 0.1) is 10.6 Å². The largest absolute Gasteiger partial charge is 0.330 e. The molecule has 3 nitrogen and oxygen atoms in total. The quantitative estimate of drug-likeness (QED) is 0.848. The predicted molar refractivity (Wildman–Crippen MR) is 70.9 cm³/mol. The van der Waals surface area contributed by atoms with E-state index >= 15 is 0 Å². The van der Waals surface area contributed by atoms with Crippen LogP contribution in [0.3, 0.4) is 0 Å². The Kier molecular flexibility index (Phi) is 5.15. The number of hydrogen-bond donors (Lipinski definition) is 1. The Balaban J connectivity index is 2.87. The Morgan fingerprint density at radius 3 is 2.29 bits per heavy atom. The first-order valence-electron chi connectivity index (χ1n) is 6.04. The molecule has 1 aromatic carbocycles. The zero-order valence-electron chi connectivity index (χ0n) is 10.5. The van der Waals surface area contributed by atoms with E-state index in [2.05, 4.69) is 13.8 Å². The van der Waals surface area contributed by atoms with Gasteiger partial charge < -0.3 is 5.73 Å². The van der Waals surface area contributed by atoms with Gasteiger partial charge in [0.1, 0.15) is 0 Å². The standard InChI is InChI=1S/C13H21NO2S/c1-3-11(2)12-5-7-13(8-6-12)17(15,16)10-4-9-14/h5-8,11H,3-4,9-10,14H2,1-2H3. The lowest BCUT2D eigenvalue weighted by atomic mass is 9.99. The molecule has 0 aliphatic heterocycles. The summed E-state index contributed by atoms with van der Waals surface area (Å²) in [5, 5.41) is 0. The first kappa shape index (κ1) is 14.2. The van der Waals surface area contributed by atoms with Crippen LogP contribution in [-0.2, 0) is 9.84 Å². The Morgan fingerprint density at radius 1 is 1.24 bits per heavy atom. The van der Waals surface area contributed by atoms with Gasteiger partial charge in [-0.05, 0) is 43.0 Å². The monoisotopic (exact) mass is 255 g/mol. The van der Waals surface area contributed by atoms with E-state index in [1.165, 1.54) is 5.56 Å². The van der Waals surface area contributed by atoms with Crippen molar-refractivity contribution in [2.24, 2.45) is 5.73 Å². The van der Waals surface area contributed by atoms with Crippen LogP contribution >= 0.6 is 0 Å². The number of hydrogen-bond acceptors (Lipinski definition) is 3. The molecule has 0 spiro atoms. The maximum atomic E-state index is 11.9. The van der Waals surface area contributed by atoms with E-state index in [1.54, 1.807) is 12.1 Å². The van der Waals surface area contributed by atoms with Crippen LogP contribution in [0.15, 0.2) is 29.2 Å². The number of rotatable bonds is 6. The molecular weight excluding hydrogens is 234 g/mol. The average Bonchev–Trinajstić information content (AvgIpc) is 2.35. The van der Waals surface area contributed by atoms with Gasteiger partial charge in [-0.3, -0.25) is 0 Å². The summed E-state index contributed by atoms with van der Waals surface area (Å²) in [7, 11) is -3.15. The van der Waals surface area contributed by atoms with E-state index in [0.29, 0.717) is 23.8 Å². The van der Waals surface area contributed by atoms with Crippen molar-refractivity contribution in [3.8, 4) is 0 Å². The minimum atomic E-state index is -3.15. The number of sulfone groups is 1. The van der Waals surface area contributed by atoms with E-state index in [0.717, 1.165) is 6.42 Å². The zero-order valence-corrected chi connectivity index (χ0v) is 11.3. The maximum absolute atomic E-state index is 11.9. The first-order valence-corrected chi connectivity index (χ1v) is 7.69. The van der Waals surface area contributed by atoms with Crippen LogP contribution in [0.4, 0.5) is 0 Å². The van der Waals surface area contributed by atoms with Gasteiger partial charge in [-0.1, -0.05) is 26.0 Å². The summed E-state index contributed by atoms with van der Waals surface area (Å²) in [5.74, 6) is 0.599.